The molecule has 3 heteroatoms. The number of nitrogens with two attached hydrogens (primary N) is 1. The Kier molecular flexibility index (Phi) is 3.20. The van der Waals surface area contributed by atoms with Crippen LogP contribution in [0, 0.1) is 18.3 Å². The second-order valence-electron chi connectivity index (χ2n) is 4.16. The molecule has 0 bridgehead atoms. The number of anilines is 1. The third-order valence-electron chi connectivity index (χ3n) is 2.74. The molecule has 0 aromatic heterocycles. The first-order valence-corrected chi connectivity index (χ1v) is 5.59. The van der Waals surface area contributed by atoms with Crippen LogP contribution < -0.4 is 10.5 Å². The summed E-state index contributed by atoms with van der Waals surface area (Å²) in [5, 5.41) is 8.97. The van der Waals surface area contributed by atoms with Gasteiger partial charge in [0, 0.05) is 11.3 Å². The van der Waals surface area contributed by atoms with Crippen LogP contribution in [0.25, 0.3) is 11.1 Å². The lowest BCUT2D eigenvalue weighted by atomic mass is 10.00. The van der Waals surface area contributed by atoms with Crippen molar-refractivity contribution in [2.75, 3.05) is 12.8 Å². The van der Waals surface area contributed by atoms with Crippen LogP contribution in [0.4, 0.5) is 5.69 Å². The molecule has 0 radical (unpaired) electrons. The summed E-state index contributed by atoms with van der Waals surface area (Å²) in [5.41, 5.74) is 10.1. The zero-order chi connectivity index (χ0) is 13.1. The van der Waals surface area contributed by atoms with Crippen molar-refractivity contribution in [1.29, 1.82) is 5.26 Å². The van der Waals surface area contributed by atoms with Gasteiger partial charge in [0.1, 0.15) is 5.75 Å². The molecule has 18 heavy (non-hydrogen) atoms. The van der Waals surface area contributed by atoms with Gasteiger partial charge in [-0.1, -0.05) is 6.07 Å². The third-order valence-corrected chi connectivity index (χ3v) is 2.74. The first-order valence-electron chi connectivity index (χ1n) is 5.59. The molecule has 2 N–H and O–H groups in total. The van der Waals surface area contributed by atoms with Gasteiger partial charge in [-0.05, 0) is 48.4 Å². The van der Waals surface area contributed by atoms with E-state index in [0.29, 0.717) is 11.3 Å². The van der Waals surface area contributed by atoms with Gasteiger partial charge < -0.3 is 10.5 Å². The average Bonchev–Trinajstić information content (AvgIpc) is 2.36. The highest BCUT2D eigenvalue weighted by molar-refractivity contribution is 5.75. The molecule has 2 rings (SSSR count). The molecular formula is C15H14N2O. The van der Waals surface area contributed by atoms with E-state index < -0.39 is 0 Å². The highest BCUT2D eigenvalue weighted by Gasteiger charge is 2.08. The highest BCUT2D eigenvalue weighted by Crippen LogP contribution is 2.32. The molecule has 0 atom stereocenters. The van der Waals surface area contributed by atoms with E-state index in [2.05, 4.69) is 6.07 Å². The van der Waals surface area contributed by atoms with Gasteiger partial charge in [0.25, 0.3) is 0 Å². The Balaban J connectivity index is 2.65. The van der Waals surface area contributed by atoms with Gasteiger partial charge in [-0.15, -0.1) is 0 Å². The molecule has 0 saturated carbocycles. The number of methoxy groups -OCH3 is 1. The second kappa shape index (κ2) is 4.80. The van der Waals surface area contributed by atoms with Crippen LogP contribution in [-0.2, 0) is 0 Å². The number of nitrogen functional groups attached to an aromatic ring is 1. The van der Waals surface area contributed by atoms with Crippen LogP contribution in [0.1, 0.15) is 11.1 Å². The first-order chi connectivity index (χ1) is 8.63. The minimum absolute atomic E-state index is 0.603. The maximum atomic E-state index is 8.97. The number of nitrogens with zero attached hydrogens (tertiary/aromatic N) is 1. The number of nitriles is 1. The maximum Gasteiger partial charge on any atom is 0.126 e. The topological polar surface area (TPSA) is 59.0 Å². The number of hydrogen-bond donors (Lipinski definition) is 1. The van der Waals surface area contributed by atoms with Crippen LogP contribution in [-0.4, -0.2) is 7.11 Å². The van der Waals surface area contributed by atoms with E-state index >= 15 is 0 Å². The van der Waals surface area contributed by atoms with E-state index in [4.69, 9.17) is 15.7 Å². The van der Waals surface area contributed by atoms with Crippen molar-refractivity contribution < 1.29 is 4.74 Å². The van der Waals surface area contributed by atoms with E-state index in [9.17, 15) is 0 Å². The van der Waals surface area contributed by atoms with Gasteiger partial charge in [0.15, 0.2) is 0 Å². The van der Waals surface area contributed by atoms with Crippen LogP contribution in [0.15, 0.2) is 36.4 Å². The van der Waals surface area contributed by atoms with E-state index in [1.54, 1.807) is 19.2 Å². The van der Waals surface area contributed by atoms with E-state index in [1.807, 2.05) is 31.2 Å². The first kappa shape index (κ1) is 12.0. The Bertz CT molecular complexity index is 607. The van der Waals surface area contributed by atoms with Crippen LogP contribution >= 0.6 is 0 Å². The fourth-order valence-electron chi connectivity index (χ4n) is 1.97. The second-order valence-corrected chi connectivity index (χ2v) is 4.16. The fraction of sp³-hybridized carbons (Fsp3) is 0.133. The van der Waals surface area contributed by atoms with E-state index in [1.165, 1.54) is 0 Å². The van der Waals surface area contributed by atoms with Gasteiger partial charge in [-0.25, -0.2) is 0 Å². The molecule has 0 aliphatic rings. The van der Waals surface area contributed by atoms with Gasteiger partial charge in [-0.3, -0.25) is 0 Å². The Labute approximate surface area is 106 Å². The monoisotopic (exact) mass is 238 g/mol. The summed E-state index contributed by atoms with van der Waals surface area (Å²) < 4.78 is 5.33. The van der Waals surface area contributed by atoms with Crippen molar-refractivity contribution >= 4 is 5.69 Å². The molecule has 0 aliphatic carbocycles. The molecule has 3 nitrogen and oxygen atoms in total. The van der Waals surface area contributed by atoms with Crippen molar-refractivity contribution in [1.82, 2.24) is 0 Å². The van der Waals surface area contributed by atoms with Crippen molar-refractivity contribution in [3.8, 4) is 22.9 Å². The molecule has 0 unspecified atom stereocenters. The third kappa shape index (κ3) is 2.28. The zero-order valence-corrected chi connectivity index (χ0v) is 10.4. The largest absolute Gasteiger partial charge is 0.496 e. The molecule has 0 amide bonds. The summed E-state index contributed by atoms with van der Waals surface area (Å²) >= 11 is 0. The van der Waals surface area contributed by atoms with E-state index in [-0.39, 0.29) is 0 Å². The summed E-state index contributed by atoms with van der Waals surface area (Å²) in [6.07, 6.45) is 0. The van der Waals surface area contributed by atoms with Crippen molar-refractivity contribution in [3.63, 3.8) is 0 Å². The number of hydrogen-bond acceptors (Lipinski definition) is 3. The number of rotatable bonds is 2. The quantitative estimate of drug-likeness (QED) is 0.818. The SMILES string of the molecule is COc1ccc(C#N)cc1-c1cc(C)cc(N)c1. The van der Waals surface area contributed by atoms with Crippen molar-refractivity contribution in [2.45, 2.75) is 6.92 Å². The van der Waals surface area contributed by atoms with Gasteiger partial charge >= 0.3 is 0 Å². The molecule has 2 aromatic carbocycles. The fourth-order valence-corrected chi connectivity index (χ4v) is 1.97. The average molecular weight is 238 g/mol. The number of aryl methyl sites for hydroxylation is 1. The summed E-state index contributed by atoms with van der Waals surface area (Å²) in [7, 11) is 1.62. The Morgan fingerprint density at radius 1 is 1.17 bits per heavy atom. The van der Waals surface area contributed by atoms with Gasteiger partial charge in [-0.2, -0.15) is 5.26 Å². The lowest BCUT2D eigenvalue weighted by Gasteiger charge is -2.10. The molecule has 0 saturated heterocycles. The summed E-state index contributed by atoms with van der Waals surface area (Å²) in [4.78, 5) is 0. The highest BCUT2D eigenvalue weighted by atomic mass is 16.5. The molecular weight excluding hydrogens is 224 g/mol. The lowest BCUT2D eigenvalue weighted by Crippen LogP contribution is -1.92. The smallest absolute Gasteiger partial charge is 0.126 e. The molecule has 0 heterocycles. The molecule has 0 fully saturated rings. The number of benzene rings is 2. The normalized spacial score (nSPS) is 9.83. The lowest BCUT2D eigenvalue weighted by molar-refractivity contribution is 0.416. The summed E-state index contributed by atoms with van der Waals surface area (Å²) in [5.74, 6) is 0.735. The van der Waals surface area contributed by atoms with Crippen LogP contribution in [0.3, 0.4) is 0 Å². The van der Waals surface area contributed by atoms with Crippen LogP contribution in [0.5, 0.6) is 5.75 Å². The predicted molar refractivity (Wildman–Crippen MR) is 72.3 cm³/mol. The zero-order valence-electron chi connectivity index (χ0n) is 10.4. The predicted octanol–water partition coefficient (Wildman–Crippen LogP) is 3.12. The molecule has 90 valence electrons. The number of ether oxygens (including phenoxy) is 1. The van der Waals surface area contributed by atoms with Gasteiger partial charge in [0.2, 0.25) is 0 Å². The Hall–Kier alpha value is -2.47. The van der Waals surface area contributed by atoms with Crippen molar-refractivity contribution in [2.24, 2.45) is 0 Å². The Morgan fingerprint density at radius 2 is 1.94 bits per heavy atom. The minimum Gasteiger partial charge on any atom is -0.496 e. The summed E-state index contributed by atoms with van der Waals surface area (Å²) in [6, 6.07) is 13.3. The maximum absolute atomic E-state index is 8.97. The van der Waals surface area contributed by atoms with E-state index in [0.717, 1.165) is 22.4 Å². The molecule has 2 aromatic rings. The Morgan fingerprint density at radius 3 is 2.56 bits per heavy atom. The van der Waals surface area contributed by atoms with Crippen LogP contribution in [0.2, 0.25) is 0 Å². The van der Waals surface area contributed by atoms with Crippen molar-refractivity contribution in [3.05, 3.63) is 47.5 Å². The standard InChI is InChI=1S/C15H14N2O/c1-10-5-12(8-13(17)6-10)14-7-11(9-16)3-4-15(14)18-2/h3-8H,17H2,1-2H3. The molecule has 0 aliphatic heterocycles. The molecule has 0 spiro atoms. The summed E-state index contributed by atoms with van der Waals surface area (Å²) in [6.45, 7) is 1.99. The van der Waals surface area contributed by atoms with Gasteiger partial charge in [0.05, 0.1) is 18.7 Å². The minimum atomic E-state index is 0.603.